The fraction of sp³-hybridized carbons (Fsp3) is 0.545. The monoisotopic (exact) mass is 497 g/mol. The van der Waals surface area contributed by atoms with Crippen molar-refractivity contribution in [1.82, 2.24) is 16.0 Å². The van der Waals surface area contributed by atoms with Gasteiger partial charge in [0.1, 0.15) is 18.1 Å². The first-order valence-electron chi connectivity index (χ1n) is 11.0. The number of nitrogens with two attached hydrogens (primary N) is 2. The number of aliphatic hydroxyl groups excluding tert-OH is 1. The Hall–Kier alpha value is -2.67. The molecule has 9 N–H and O–H groups in total. The molecule has 1 aromatic carbocycles. The van der Waals surface area contributed by atoms with Gasteiger partial charge in [-0.15, -0.1) is 0 Å². The van der Waals surface area contributed by atoms with E-state index >= 15 is 0 Å². The van der Waals surface area contributed by atoms with E-state index in [9.17, 15) is 29.4 Å². The highest BCUT2D eigenvalue weighted by Crippen LogP contribution is 2.05. The van der Waals surface area contributed by atoms with Gasteiger partial charge in [0.15, 0.2) is 0 Å². The van der Waals surface area contributed by atoms with Crippen LogP contribution in [0.3, 0.4) is 0 Å². The minimum atomic E-state index is -1.37. The van der Waals surface area contributed by atoms with Crippen LogP contribution in [0.25, 0.3) is 0 Å². The average molecular weight is 498 g/mol. The number of thiol groups is 1. The quantitative estimate of drug-likeness (QED) is 0.106. The van der Waals surface area contributed by atoms with Crippen LogP contribution < -0.4 is 27.4 Å². The van der Waals surface area contributed by atoms with Gasteiger partial charge in [0.2, 0.25) is 17.7 Å². The molecule has 5 unspecified atom stereocenters. The minimum absolute atomic E-state index is 0.0452. The summed E-state index contributed by atoms with van der Waals surface area (Å²) in [4.78, 5) is 49.3. The number of carboxylic acid groups (broad SMARTS) is 1. The molecule has 5 atom stereocenters. The number of carbonyl (C=O) groups is 4. The number of aliphatic carboxylic acids is 1. The molecule has 0 saturated carbocycles. The molecule has 0 fully saturated rings. The van der Waals surface area contributed by atoms with Gasteiger partial charge in [0, 0.05) is 12.2 Å². The summed E-state index contributed by atoms with van der Waals surface area (Å²) >= 11 is 4.07. The van der Waals surface area contributed by atoms with Gasteiger partial charge in [0.05, 0.1) is 12.1 Å². The standard InChI is InChI=1S/C22H35N5O6S/c1-13(28)18(27-19(29)15(24)9-5-6-10-23)21(31)26-17(12-34)20(30)25-16(22(32)33)11-14-7-3-2-4-8-14/h2-4,7-8,13,15-18,28,34H,5-6,9-12,23-24H2,1H3,(H,25,30)(H,26,31)(H,27,29)(H,32,33). The molecule has 0 bridgehead atoms. The van der Waals surface area contributed by atoms with Crippen LogP contribution in [0.2, 0.25) is 0 Å². The fourth-order valence-electron chi connectivity index (χ4n) is 3.08. The summed E-state index contributed by atoms with van der Waals surface area (Å²) < 4.78 is 0. The predicted molar refractivity (Wildman–Crippen MR) is 130 cm³/mol. The zero-order valence-corrected chi connectivity index (χ0v) is 20.0. The SMILES string of the molecule is CC(O)C(NC(=O)C(N)CCCCN)C(=O)NC(CS)C(=O)NC(Cc1ccccc1)C(=O)O. The molecule has 0 aliphatic heterocycles. The summed E-state index contributed by atoms with van der Waals surface area (Å²) in [6.45, 7) is 1.77. The maximum Gasteiger partial charge on any atom is 0.326 e. The van der Waals surface area contributed by atoms with Crippen molar-refractivity contribution in [2.75, 3.05) is 12.3 Å². The van der Waals surface area contributed by atoms with E-state index in [1.165, 1.54) is 6.92 Å². The molecule has 11 nitrogen and oxygen atoms in total. The molecular formula is C22H35N5O6S. The first-order chi connectivity index (χ1) is 16.1. The molecule has 12 heteroatoms. The van der Waals surface area contributed by atoms with Crippen molar-refractivity contribution >= 4 is 36.3 Å². The van der Waals surface area contributed by atoms with Gasteiger partial charge in [-0.05, 0) is 31.9 Å². The van der Waals surface area contributed by atoms with Crippen molar-refractivity contribution in [1.29, 1.82) is 0 Å². The van der Waals surface area contributed by atoms with Crippen molar-refractivity contribution in [3.05, 3.63) is 35.9 Å². The third-order valence-corrected chi connectivity index (χ3v) is 5.45. The van der Waals surface area contributed by atoms with Gasteiger partial charge in [-0.3, -0.25) is 14.4 Å². The predicted octanol–water partition coefficient (Wildman–Crippen LogP) is -1.46. The van der Waals surface area contributed by atoms with Crippen LogP contribution in [0.1, 0.15) is 31.7 Å². The summed E-state index contributed by atoms with van der Waals surface area (Å²) in [5, 5.41) is 26.7. The molecule has 190 valence electrons. The molecule has 1 aromatic rings. The van der Waals surface area contributed by atoms with Crippen LogP contribution in [-0.4, -0.2) is 76.5 Å². The van der Waals surface area contributed by atoms with Crippen molar-refractivity contribution < 1.29 is 29.4 Å². The van der Waals surface area contributed by atoms with Crippen molar-refractivity contribution in [3.63, 3.8) is 0 Å². The van der Waals surface area contributed by atoms with Gasteiger partial charge >= 0.3 is 5.97 Å². The van der Waals surface area contributed by atoms with Gasteiger partial charge in [-0.1, -0.05) is 36.8 Å². The molecule has 3 amide bonds. The van der Waals surface area contributed by atoms with Crippen LogP contribution in [-0.2, 0) is 25.6 Å². The maximum absolute atomic E-state index is 12.7. The van der Waals surface area contributed by atoms with Crippen molar-refractivity contribution in [3.8, 4) is 0 Å². The number of unbranched alkanes of at least 4 members (excludes halogenated alkanes) is 1. The van der Waals surface area contributed by atoms with E-state index in [0.29, 0.717) is 31.4 Å². The zero-order valence-electron chi connectivity index (χ0n) is 19.1. The van der Waals surface area contributed by atoms with Crippen LogP contribution in [0, 0.1) is 0 Å². The first-order valence-corrected chi connectivity index (χ1v) is 11.7. The van der Waals surface area contributed by atoms with Gasteiger partial charge in [0.25, 0.3) is 0 Å². The number of carboxylic acids is 1. The van der Waals surface area contributed by atoms with Gasteiger partial charge < -0.3 is 37.6 Å². The zero-order chi connectivity index (χ0) is 25.7. The van der Waals surface area contributed by atoms with Crippen molar-refractivity contribution in [2.45, 2.75) is 62.9 Å². The Kier molecular flexibility index (Phi) is 13.2. The van der Waals surface area contributed by atoms with E-state index in [2.05, 4.69) is 28.6 Å². The van der Waals surface area contributed by atoms with Gasteiger partial charge in [-0.25, -0.2) is 4.79 Å². The smallest absolute Gasteiger partial charge is 0.326 e. The van der Waals surface area contributed by atoms with E-state index in [1.807, 2.05) is 0 Å². The normalized spacial score (nSPS) is 15.3. The van der Waals surface area contributed by atoms with E-state index < -0.39 is 54.0 Å². The van der Waals surface area contributed by atoms with Crippen LogP contribution >= 0.6 is 12.6 Å². The second kappa shape index (κ2) is 15.3. The molecule has 1 rings (SSSR count). The van der Waals surface area contributed by atoms with Crippen molar-refractivity contribution in [2.24, 2.45) is 11.5 Å². The average Bonchev–Trinajstić information content (AvgIpc) is 2.80. The van der Waals surface area contributed by atoms with Crippen LogP contribution in [0.5, 0.6) is 0 Å². The Bertz CT molecular complexity index is 810. The molecule has 0 radical (unpaired) electrons. The highest BCUT2D eigenvalue weighted by molar-refractivity contribution is 7.80. The number of hydrogen-bond acceptors (Lipinski definition) is 8. The third kappa shape index (κ3) is 10.1. The van der Waals surface area contributed by atoms with Crippen LogP contribution in [0.4, 0.5) is 0 Å². The first kappa shape index (κ1) is 29.4. The highest BCUT2D eigenvalue weighted by atomic mass is 32.1. The lowest BCUT2D eigenvalue weighted by Crippen LogP contribution is -2.60. The molecule has 0 aliphatic carbocycles. The topological polar surface area (TPSA) is 197 Å². The number of rotatable bonds is 15. The van der Waals surface area contributed by atoms with E-state index in [1.54, 1.807) is 30.3 Å². The molecule has 0 aliphatic rings. The Morgan fingerprint density at radius 2 is 1.59 bits per heavy atom. The minimum Gasteiger partial charge on any atom is -0.480 e. The Morgan fingerprint density at radius 3 is 2.12 bits per heavy atom. The Morgan fingerprint density at radius 1 is 0.971 bits per heavy atom. The lowest BCUT2D eigenvalue weighted by molar-refractivity contribution is -0.142. The number of carbonyl (C=O) groups excluding carboxylic acids is 3. The maximum atomic E-state index is 12.7. The second-order valence-corrected chi connectivity index (χ2v) is 8.32. The largest absolute Gasteiger partial charge is 0.480 e. The fourth-order valence-corrected chi connectivity index (χ4v) is 3.34. The summed E-state index contributed by atoms with van der Waals surface area (Å²) in [7, 11) is 0. The number of hydrogen-bond donors (Lipinski definition) is 8. The number of nitrogens with one attached hydrogen (secondary N) is 3. The number of benzene rings is 1. The summed E-state index contributed by atoms with van der Waals surface area (Å²) in [6.07, 6.45) is 0.447. The molecule has 0 saturated heterocycles. The molecule has 0 spiro atoms. The Labute approximate surface area is 204 Å². The summed E-state index contributed by atoms with van der Waals surface area (Å²) in [6, 6.07) is 4.06. The second-order valence-electron chi connectivity index (χ2n) is 7.95. The van der Waals surface area contributed by atoms with Gasteiger partial charge in [-0.2, -0.15) is 12.6 Å². The molecule has 0 aromatic heterocycles. The highest BCUT2D eigenvalue weighted by Gasteiger charge is 2.32. The van der Waals surface area contributed by atoms with Crippen LogP contribution in [0.15, 0.2) is 30.3 Å². The lowest BCUT2D eigenvalue weighted by atomic mass is 10.1. The summed E-state index contributed by atoms with van der Waals surface area (Å²) in [5.41, 5.74) is 12.0. The number of aliphatic hydroxyl groups is 1. The lowest BCUT2D eigenvalue weighted by Gasteiger charge is -2.26. The molecule has 0 heterocycles. The van der Waals surface area contributed by atoms with E-state index in [4.69, 9.17) is 11.5 Å². The molecule has 34 heavy (non-hydrogen) atoms. The number of amides is 3. The molecular weight excluding hydrogens is 462 g/mol. The third-order valence-electron chi connectivity index (χ3n) is 5.08. The van der Waals surface area contributed by atoms with E-state index in [0.717, 1.165) is 0 Å². The van der Waals surface area contributed by atoms with E-state index in [-0.39, 0.29) is 12.2 Å². The Balaban J connectivity index is 2.78. The summed E-state index contributed by atoms with van der Waals surface area (Å²) in [5.74, 6) is -3.60.